The van der Waals surface area contributed by atoms with E-state index in [1.54, 1.807) is 18.2 Å². The summed E-state index contributed by atoms with van der Waals surface area (Å²) in [6, 6.07) is 6.41. The molecular formula is C20H30FIN4O2. The van der Waals surface area contributed by atoms with E-state index in [2.05, 4.69) is 15.5 Å². The molecule has 0 saturated carbocycles. The zero-order valence-electron chi connectivity index (χ0n) is 16.5. The minimum absolute atomic E-state index is 0. The summed E-state index contributed by atoms with van der Waals surface area (Å²) in [7, 11) is 0. The molecule has 2 unspecified atom stereocenters. The van der Waals surface area contributed by atoms with Crippen LogP contribution in [0.4, 0.5) is 4.39 Å². The van der Waals surface area contributed by atoms with E-state index in [1.165, 1.54) is 6.07 Å². The Balaban J connectivity index is 0.00000280. The predicted octanol–water partition coefficient (Wildman–Crippen LogP) is 2.78. The molecule has 2 saturated heterocycles. The summed E-state index contributed by atoms with van der Waals surface area (Å²) in [5, 5.41) is 6.31. The first-order valence-electron chi connectivity index (χ1n) is 9.72. The Morgan fingerprint density at radius 1 is 1.46 bits per heavy atom. The maximum absolute atomic E-state index is 13.7. The Morgan fingerprint density at radius 2 is 2.25 bits per heavy atom. The Hall–Kier alpha value is -1.58. The molecule has 2 N–H and O–H groups in total. The van der Waals surface area contributed by atoms with Gasteiger partial charge in [-0.1, -0.05) is 12.1 Å². The predicted molar refractivity (Wildman–Crippen MR) is 119 cm³/mol. The molecule has 2 fully saturated rings. The number of nitrogens with one attached hydrogen (secondary N) is 2. The number of carbonyl (C=O) groups excluding carboxylic acids is 1. The molecule has 3 rings (SSSR count). The minimum Gasteiger partial charge on any atom is -0.486 e. The molecule has 2 heterocycles. The van der Waals surface area contributed by atoms with Crippen molar-refractivity contribution in [1.82, 2.24) is 15.5 Å². The van der Waals surface area contributed by atoms with Gasteiger partial charge in [-0.15, -0.1) is 24.0 Å². The van der Waals surface area contributed by atoms with E-state index in [0.29, 0.717) is 13.0 Å². The largest absolute Gasteiger partial charge is 0.486 e. The molecule has 1 spiro atoms. The molecule has 0 aromatic heterocycles. The molecule has 156 valence electrons. The summed E-state index contributed by atoms with van der Waals surface area (Å²) >= 11 is 0. The molecule has 1 amide bonds. The number of carbonyl (C=O) groups is 1. The number of rotatable bonds is 5. The number of para-hydroxylation sites is 1. The van der Waals surface area contributed by atoms with Gasteiger partial charge in [-0.3, -0.25) is 4.79 Å². The highest BCUT2D eigenvalue weighted by Gasteiger charge is 2.42. The SMILES string of the molecule is CCNC(=NCC(C)Oc1ccccc1F)N1CCCC2(CNC(=O)C2)C1.I. The molecule has 0 bridgehead atoms. The van der Waals surface area contributed by atoms with Crippen LogP contribution in [0.3, 0.4) is 0 Å². The van der Waals surface area contributed by atoms with E-state index >= 15 is 0 Å². The lowest BCUT2D eigenvalue weighted by atomic mass is 9.79. The van der Waals surface area contributed by atoms with Crippen LogP contribution in [0.25, 0.3) is 0 Å². The average molecular weight is 504 g/mol. The van der Waals surface area contributed by atoms with Crippen LogP contribution < -0.4 is 15.4 Å². The van der Waals surface area contributed by atoms with Crippen molar-refractivity contribution < 1.29 is 13.9 Å². The number of piperidine rings is 1. The second kappa shape index (κ2) is 10.3. The fourth-order valence-corrected chi connectivity index (χ4v) is 3.86. The van der Waals surface area contributed by atoms with Crippen molar-refractivity contribution in [2.75, 3.05) is 32.7 Å². The zero-order chi connectivity index (χ0) is 19.3. The summed E-state index contributed by atoms with van der Waals surface area (Å²) in [4.78, 5) is 18.7. The van der Waals surface area contributed by atoms with Crippen molar-refractivity contribution in [1.29, 1.82) is 0 Å². The molecule has 8 heteroatoms. The van der Waals surface area contributed by atoms with E-state index in [0.717, 1.165) is 45.0 Å². The Morgan fingerprint density at radius 3 is 2.93 bits per heavy atom. The fourth-order valence-electron chi connectivity index (χ4n) is 3.86. The number of guanidine groups is 1. The number of amides is 1. The third-order valence-corrected chi connectivity index (χ3v) is 5.15. The molecule has 28 heavy (non-hydrogen) atoms. The third-order valence-electron chi connectivity index (χ3n) is 5.15. The van der Waals surface area contributed by atoms with Gasteiger partial charge in [-0.05, 0) is 38.8 Å². The van der Waals surface area contributed by atoms with Gasteiger partial charge in [0.05, 0.1) is 6.54 Å². The lowest BCUT2D eigenvalue weighted by Crippen LogP contribution is -2.51. The minimum atomic E-state index is -0.364. The molecule has 2 atom stereocenters. The number of aliphatic imine (C=N–C) groups is 1. The number of likely N-dealkylation sites (tertiary alicyclic amines) is 1. The second-order valence-corrected chi connectivity index (χ2v) is 7.53. The number of hydrogen-bond donors (Lipinski definition) is 2. The van der Waals surface area contributed by atoms with E-state index in [9.17, 15) is 9.18 Å². The fraction of sp³-hybridized carbons (Fsp3) is 0.600. The molecule has 6 nitrogen and oxygen atoms in total. The van der Waals surface area contributed by atoms with Gasteiger partial charge in [0, 0.05) is 38.0 Å². The van der Waals surface area contributed by atoms with Crippen LogP contribution in [-0.4, -0.2) is 55.6 Å². The highest BCUT2D eigenvalue weighted by Crippen LogP contribution is 2.36. The number of benzene rings is 1. The van der Waals surface area contributed by atoms with Crippen molar-refractivity contribution in [3.63, 3.8) is 0 Å². The van der Waals surface area contributed by atoms with Crippen molar-refractivity contribution in [3.8, 4) is 5.75 Å². The van der Waals surface area contributed by atoms with Crippen molar-refractivity contribution in [2.45, 2.75) is 39.2 Å². The van der Waals surface area contributed by atoms with E-state index in [1.807, 2.05) is 13.8 Å². The van der Waals surface area contributed by atoms with Crippen LogP contribution >= 0.6 is 24.0 Å². The van der Waals surface area contributed by atoms with Gasteiger partial charge in [-0.2, -0.15) is 0 Å². The van der Waals surface area contributed by atoms with Crippen LogP contribution in [0.1, 0.15) is 33.1 Å². The normalized spacial score (nSPS) is 23.2. The zero-order valence-corrected chi connectivity index (χ0v) is 18.9. The first kappa shape index (κ1) is 22.7. The summed E-state index contributed by atoms with van der Waals surface area (Å²) < 4.78 is 19.4. The van der Waals surface area contributed by atoms with Crippen LogP contribution in [-0.2, 0) is 4.79 Å². The van der Waals surface area contributed by atoms with Crippen molar-refractivity contribution in [3.05, 3.63) is 30.1 Å². The van der Waals surface area contributed by atoms with Gasteiger partial charge in [-0.25, -0.2) is 9.38 Å². The van der Waals surface area contributed by atoms with Gasteiger partial charge < -0.3 is 20.3 Å². The topological polar surface area (TPSA) is 66.0 Å². The summed E-state index contributed by atoms with van der Waals surface area (Å²) in [6.45, 7) is 7.60. The van der Waals surface area contributed by atoms with Crippen molar-refractivity contribution in [2.24, 2.45) is 10.4 Å². The summed E-state index contributed by atoms with van der Waals surface area (Å²) in [5.74, 6) is 0.861. The maximum Gasteiger partial charge on any atom is 0.220 e. The first-order valence-corrected chi connectivity index (χ1v) is 9.72. The maximum atomic E-state index is 13.7. The Bertz CT molecular complexity index is 703. The highest BCUT2D eigenvalue weighted by molar-refractivity contribution is 14.0. The number of nitrogens with zero attached hydrogens (tertiary/aromatic N) is 2. The Kier molecular flexibility index (Phi) is 8.33. The third kappa shape index (κ3) is 5.71. The quantitative estimate of drug-likeness (QED) is 0.368. The first-order chi connectivity index (χ1) is 13.0. The molecule has 1 aromatic rings. The van der Waals surface area contributed by atoms with E-state index in [4.69, 9.17) is 9.73 Å². The smallest absolute Gasteiger partial charge is 0.220 e. The lowest BCUT2D eigenvalue weighted by Gasteiger charge is -2.40. The van der Waals surface area contributed by atoms with Gasteiger partial charge in [0.15, 0.2) is 17.5 Å². The van der Waals surface area contributed by atoms with Gasteiger partial charge in [0.2, 0.25) is 5.91 Å². The summed E-state index contributed by atoms with van der Waals surface area (Å²) in [5.41, 5.74) is 0.0147. The van der Waals surface area contributed by atoms with Gasteiger partial charge in [0.25, 0.3) is 0 Å². The second-order valence-electron chi connectivity index (χ2n) is 7.53. The molecular weight excluding hydrogens is 474 g/mol. The number of hydrogen-bond acceptors (Lipinski definition) is 3. The van der Waals surface area contributed by atoms with Crippen LogP contribution in [0.5, 0.6) is 5.75 Å². The molecule has 1 aromatic carbocycles. The van der Waals surface area contributed by atoms with E-state index < -0.39 is 0 Å². The van der Waals surface area contributed by atoms with E-state index in [-0.39, 0.29) is 53.0 Å². The number of halogens is 2. The average Bonchev–Trinajstić information content (AvgIpc) is 3.00. The van der Waals surface area contributed by atoms with Gasteiger partial charge >= 0.3 is 0 Å². The Labute approximate surface area is 183 Å². The number of ether oxygens (including phenoxy) is 1. The van der Waals surface area contributed by atoms with Crippen LogP contribution in [0.15, 0.2) is 29.3 Å². The van der Waals surface area contributed by atoms with Gasteiger partial charge in [0.1, 0.15) is 6.10 Å². The molecule has 0 aliphatic carbocycles. The lowest BCUT2D eigenvalue weighted by molar-refractivity contribution is -0.119. The molecule has 2 aliphatic heterocycles. The highest BCUT2D eigenvalue weighted by atomic mass is 127. The monoisotopic (exact) mass is 504 g/mol. The summed E-state index contributed by atoms with van der Waals surface area (Å²) in [6.07, 6.45) is 2.45. The standard InChI is InChI=1S/C20H29FN4O2.HI/c1-3-22-19(23-12-15(2)27-17-8-5-4-7-16(17)21)25-10-6-9-20(14-25)11-18(26)24-13-20;/h4-5,7-8,15H,3,6,9-14H2,1-2H3,(H,22,23)(H,24,26);1H. The van der Waals surface area contributed by atoms with Crippen LogP contribution in [0.2, 0.25) is 0 Å². The van der Waals surface area contributed by atoms with Crippen LogP contribution in [0, 0.1) is 11.2 Å². The van der Waals surface area contributed by atoms with Crippen molar-refractivity contribution >= 4 is 35.8 Å². The molecule has 0 radical (unpaired) electrons. The molecule has 2 aliphatic rings.